The molecule has 4 N–H and O–H groups in total. The number of likely N-dealkylation sites (tertiary alicyclic amines) is 1. The zero-order chi connectivity index (χ0) is 22.7. The summed E-state index contributed by atoms with van der Waals surface area (Å²) in [4.78, 5) is 24.9. The molecule has 1 saturated heterocycles. The smallest absolute Gasteiger partial charge is 0.274 e. The number of hydrogen-bond acceptors (Lipinski definition) is 5. The van der Waals surface area contributed by atoms with Crippen molar-refractivity contribution in [1.29, 1.82) is 5.41 Å². The van der Waals surface area contributed by atoms with E-state index in [0.717, 1.165) is 31.5 Å². The number of hydrogen-bond donors (Lipinski definition) is 3. The second kappa shape index (κ2) is 9.73. The van der Waals surface area contributed by atoms with Crippen molar-refractivity contribution in [3.8, 4) is 5.75 Å². The average molecular weight is 439 g/mol. The molecule has 32 heavy (non-hydrogen) atoms. The van der Waals surface area contributed by atoms with Gasteiger partial charge in [-0.25, -0.2) is 4.98 Å². The van der Waals surface area contributed by atoms with E-state index in [1.54, 1.807) is 6.20 Å². The third-order valence-corrected chi connectivity index (χ3v) is 6.69. The number of amidine groups is 1. The van der Waals surface area contributed by atoms with Crippen molar-refractivity contribution < 1.29 is 9.53 Å². The number of para-hydroxylation sites is 2. The topological polar surface area (TPSA) is 111 Å². The zero-order valence-electron chi connectivity index (χ0n) is 19.0. The Labute approximate surface area is 189 Å². The van der Waals surface area contributed by atoms with Crippen LogP contribution in [0.4, 0.5) is 5.69 Å². The van der Waals surface area contributed by atoms with Crippen molar-refractivity contribution in [3.63, 3.8) is 0 Å². The molecular formula is C24H34N6O2. The maximum Gasteiger partial charge on any atom is 0.274 e. The predicted octanol–water partition coefficient (Wildman–Crippen LogP) is 3.59. The van der Waals surface area contributed by atoms with Gasteiger partial charge in [0.25, 0.3) is 5.91 Å². The molecule has 3 heterocycles. The van der Waals surface area contributed by atoms with E-state index < -0.39 is 6.10 Å². The molecule has 2 aromatic rings. The number of aromatic nitrogens is 2. The minimum Gasteiger partial charge on any atom is -0.472 e. The van der Waals surface area contributed by atoms with Crippen molar-refractivity contribution in [3.05, 3.63) is 42.0 Å². The zero-order valence-corrected chi connectivity index (χ0v) is 19.0. The van der Waals surface area contributed by atoms with Gasteiger partial charge in [0, 0.05) is 24.8 Å². The predicted molar refractivity (Wildman–Crippen MR) is 125 cm³/mol. The summed E-state index contributed by atoms with van der Waals surface area (Å²) >= 11 is 0. The molecule has 1 unspecified atom stereocenters. The normalized spacial score (nSPS) is 23.6. The quantitative estimate of drug-likeness (QED) is 0.331. The first kappa shape index (κ1) is 22.3. The van der Waals surface area contributed by atoms with Gasteiger partial charge >= 0.3 is 0 Å². The van der Waals surface area contributed by atoms with Gasteiger partial charge in [0.2, 0.25) is 6.10 Å². The number of H-pyrrole nitrogens is 1. The number of imidazole rings is 1. The van der Waals surface area contributed by atoms with E-state index in [-0.39, 0.29) is 17.6 Å². The summed E-state index contributed by atoms with van der Waals surface area (Å²) in [5.74, 6) is 0.598. The molecule has 0 radical (unpaired) electrons. The molecule has 2 aliphatic rings. The molecule has 1 aromatic carbocycles. The van der Waals surface area contributed by atoms with Gasteiger partial charge in [-0.3, -0.25) is 15.1 Å². The molecular weight excluding hydrogens is 404 g/mol. The van der Waals surface area contributed by atoms with Crippen molar-refractivity contribution in [1.82, 2.24) is 14.9 Å². The van der Waals surface area contributed by atoms with Crippen LogP contribution in [0, 0.1) is 5.41 Å². The molecule has 3 atom stereocenters. The van der Waals surface area contributed by atoms with Gasteiger partial charge < -0.3 is 20.4 Å². The van der Waals surface area contributed by atoms with E-state index in [2.05, 4.69) is 28.7 Å². The lowest BCUT2D eigenvalue weighted by molar-refractivity contribution is -0.126. The second-order valence-corrected chi connectivity index (χ2v) is 8.97. The van der Waals surface area contributed by atoms with Crippen molar-refractivity contribution in [2.45, 2.75) is 70.6 Å². The SMILES string of the molecule is C[C@@H]1CCC[C@H](C)N1CCCCCN1C(=O)C(c2c[nH]c(C(=N)N)n2)Oc2ccccc21. The highest BCUT2D eigenvalue weighted by Crippen LogP contribution is 2.38. The number of nitrogens with one attached hydrogen (secondary N) is 2. The van der Waals surface area contributed by atoms with E-state index in [1.165, 1.54) is 19.3 Å². The lowest BCUT2D eigenvalue weighted by atomic mass is 9.97. The summed E-state index contributed by atoms with van der Waals surface area (Å²) in [5, 5.41) is 7.54. The van der Waals surface area contributed by atoms with E-state index in [1.807, 2.05) is 29.2 Å². The van der Waals surface area contributed by atoms with Gasteiger partial charge in [-0.1, -0.05) is 25.0 Å². The highest BCUT2D eigenvalue weighted by Gasteiger charge is 2.36. The molecule has 0 saturated carbocycles. The van der Waals surface area contributed by atoms with Crippen LogP contribution in [-0.2, 0) is 4.79 Å². The Hall–Kier alpha value is -2.87. The molecule has 0 spiro atoms. The van der Waals surface area contributed by atoms with Crippen LogP contribution in [-0.4, -0.2) is 51.8 Å². The van der Waals surface area contributed by atoms with Crippen molar-refractivity contribution in [2.24, 2.45) is 5.73 Å². The van der Waals surface area contributed by atoms with E-state index in [9.17, 15) is 4.79 Å². The second-order valence-electron chi connectivity index (χ2n) is 8.97. The van der Waals surface area contributed by atoms with Crippen LogP contribution >= 0.6 is 0 Å². The summed E-state index contributed by atoms with van der Waals surface area (Å²) in [6.45, 7) is 6.45. The number of nitrogens with zero attached hydrogens (tertiary/aromatic N) is 3. The van der Waals surface area contributed by atoms with Crippen LogP contribution in [0.2, 0.25) is 0 Å². The Kier molecular flexibility index (Phi) is 6.79. The Morgan fingerprint density at radius 1 is 1.19 bits per heavy atom. The van der Waals surface area contributed by atoms with Crippen molar-refractivity contribution >= 4 is 17.4 Å². The Bertz CT molecular complexity index is 947. The summed E-state index contributed by atoms with van der Waals surface area (Å²) in [6.07, 6.45) is 7.82. The number of rotatable bonds is 8. The number of fused-ring (bicyclic) bond motifs is 1. The molecule has 0 bridgehead atoms. The van der Waals surface area contributed by atoms with Crippen molar-refractivity contribution in [2.75, 3.05) is 18.0 Å². The number of ether oxygens (including phenoxy) is 1. The monoisotopic (exact) mass is 438 g/mol. The molecule has 172 valence electrons. The summed E-state index contributed by atoms with van der Waals surface area (Å²) < 4.78 is 5.99. The Morgan fingerprint density at radius 3 is 2.62 bits per heavy atom. The molecule has 1 amide bonds. The molecule has 8 heteroatoms. The van der Waals surface area contributed by atoms with Crippen LogP contribution in [0.1, 0.15) is 70.0 Å². The minimum absolute atomic E-state index is 0.136. The number of piperidine rings is 1. The molecule has 2 aliphatic heterocycles. The molecule has 8 nitrogen and oxygen atoms in total. The Balaban J connectivity index is 1.39. The highest BCUT2D eigenvalue weighted by molar-refractivity contribution is 6.00. The first-order valence-electron chi connectivity index (χ1n) is 11.7. The highest BCUT2D eigenvalue weighted by atomic mass is 16.5. The largest absolute Gasteiger partial charge is 0.472 e. The number of anilines is 1. The van der Waals surface area contributed by atoms with Gasteiger partial charge in [-0.05, 0) is 58.2 Å². The average Bonchev–Trinajstić information content (AvgIpc) is 3.27. The van der Waals surface area contributed by atoms with Crippen LogP contribution in [0.5, 0.6) is 5.75 Å². The first-order chi connectivity index (χ1) is 15.5. The third-order valence-electron chi connectivity index (χ3n) is 6.69. The molecule has 4 rings (SSSR count). The maximum absolute atomic E-state index is 13.3. The molecule has 1 aromatic heterocycles. The number of aromatic amines is 1. The van der Waals surface area contributed by atoms with E-state index in [0.29, 0.717) is 30.1 Å². The fourth-order valence-corrected chi connectivity index (χ4v) is 4.90. The number of unbranched alkanes of at least 4 members (excludes halogenated alkanes) is 2. The summed E-state index contributed by atoms with van der Waals surface area (Å²) in [6, 6.07) is 8.95. The van der Waals surface area contributed by atoms with Crippen LogP contribution in [0.15, 0.2) is 30.5 Å². The fraction of sp³-hybridized carbons (Fsp3) is 0.542. The summed E-state index contributed by atoms with van der Waals surface area (Å²) in [5.41, 5.74) is 6.75. The number of amides is 1. The van der Waals surface area contributed by atoms with E-state index >= 15 is 0 Å². The number of nitrogen functional groups attached to an aromatic ring is 1. The van der Waals surface area contributed by atoms with E-state index in [4.69, 9.17) is 15.9 Å². The van der Waals surface area contributed by atoms with Gasteiger partial charge in [0.05, 0.1) is 5.69 Å². The van der Waals surface area contributed by atoms with Crippen LogP contribution in [0.25, 0.3) is 0 Å². The maximum atomic E-state index is 13.3. The van der Waals surface area contributed by atoms with Gasteiger partial charge in [-0.15, -0.1) is 0 Å². The minimum atomic E-state index is -0.843. The third kappa shape index (κ3) is 4.65. The fourth-order valence-electron chi connectivity index (χ4n) is 4.90. The molecule has 1 fully saturated rings. The number of carbonyl (C=O) groups excluding carboxylic acids is 1. The number of nitrogens with two attached hydrogens (primary N) is 1. The van der Waals surface area contributed by atoms with Crippen LogP contribution < -0.4 is 15.4 Å². The van der Waals surface area contributed by atoms with Crippen LogP contribution in [0.3, 0.4) is 0 Å². The summed E-state index contributed by atoms with van der Waals surface area (Å²) in [7, 11) is 0. The van der Waals surface area contributed by atoms with Gasteiger partial charge in [0.1, 0.15) is 11.4 Å². The lowest BCUT2D eigenvalue weighted by Crippen LogP contribution is -2.44. The van der Waals surface area contributed by atoms with Gasteiger partial charge in [-0.2, -0.15) is 0 Å². The van der Waals surface area contributed by atoms with Gasteiger partial charge in [0.15, 0.2) is 11.7 Å². The number of carbonyl (C=O) groups is 1. The lowest BCUT2D eigenvalue weighted by Gasteiger charge is -2.39. The number of benzene rings is 1. The standard InChI is InChI=1S/C24H34N6O2/c1-16-9-8-10-17(2)29(16)13-6-3-7-14-30-19-11-4-5-12-20(19)32-21(24(30)31)18-15-27-23(28-18)22(25)26/h4-5,11-12,15-17,21H,3,6-10,13-14H2,1-2H3,(H3,25,26)(H,27,28)/t16-,17+,21?. The Morgan fingerprint density at radius 2 is 1.91 bits per heavy atom. The first-order valence-corrected chi connectivity index (χ1v) is 11.7. The molecule has 0 aliphatic carbocycles.